The third kappa shape index (κ3) is 18.0. The zero-order valence-electron chi connectivity index (χ0n) is 33.0. The smallest absolute Gasteiger partial charge is 0.276 e. The monoisotopic (exact) mass is 802 g/mol. The molecule has 0 bridgehead atoms. The molecule has 0 heterocycles. The number of hydrogen-bond donors (Lipinski definition) is 3. The summed E-state index contributed by atoms with van der Waals surface area (Å²) in [5, 5.41) is 29.1. The Kier molecular flexibility index (Phi) is 22.6. The van der Waals surface area contributed by atoms with E-state index >= 15 is 0 Å². The van der Waals surface area contributed by atoms with Gasteiger partial charge in [0.2, 0.25) is 5.91 Å². The number of anilines is 1. The molecular formula is C38H55N6O11P. The van der Waals surface area contributed by atoms with Crippen LogP contribution in [-0.2, 0) is 32.8 Å². The van der Waals surface area contributed by atoms with Crippen molar-refractivity contribution in [2.75, 3.05) is 64.7 Å². The lowest BCUT2D eigenvalue weighted by Crippen LogP contribution is -2.34. The number of carbonyl (C=O) groups excluding carboxylic acids is 4. The summed E-state index contributed by atoms with van der Waals surface area (Å²) in [7, 11) is -1.64. The van der Waals surface area contributed by atoms with Crippen molar-refractivity contribution in [3.05, 3.63) is 69.3 Å². The van der Waals surface area contributed by atoms with Gasteiger partial charge in [-0.25, -0.2) is 4.67 Å². The Bertz CT molecular complexity index is 1600. The zero-order chi connectivity index (χ0) is 41.5. The average molecular weight is 803 g/mol. The lowest BCUT2D eigenvalue weighted by molar-refractivity contribution is -0.386. The maximum absolute atomic E-state index is 12.8. The number of benzene rings is 2. The lowest BCUT2D eigenvalue weighted by atomic mass is 10.0. The minimum Gasteiger partial charge on any atom is -0.377 e. The molecule has 0 saturated heterocycles. The SMILES string of the molecule is CC(=O)CCC(=O)Nc1ccc(C(=O)NCCOCCOCCOCCNC(=O)c2ccc(C(C)OP(OCCC#N)N(C(C)C)C(C)C)c([N+](=O)[O-])c2)cc1. The first kappa shape index (κ1) is 47.8. The van der Waals surface area contributed by atoms with Crippen LogP contribution in [-0.4, -0.2) is 105 Å². The topological polar surface area (TPSA) is 221 Å². The molecule has 308 valence electrons. The summed E-state index contributed by atoms with van der Waals surface area (Å²) in [6, 6.07) is 12.8. The van der Waals surface area contributed by atoms with Crippen LogP contribution >= 0.6 is 8.53 Å². The van der Waals surface area contributed by atoms with Crippen LogP contribution in [0.5, 0.6) is 0 Å². The fourth-order valence-electron chi connectivity index (χ4n) is 5.11. The Labute approximate surface area is 329 Å². The molecule has 2 aromatic rings. The van der Waals surface area contributed by atoms with Crippen LogP contribution in [0.25, 0.3) is 0 Å². The number of hydrogen-bond acceptors (Lipinski definition) is 13. The van der Waals surface area contributed by atoms with Crippen LogP contribution in [0, 0.1) is 21.4 Å². The van der Waals surface area contributed by atoms with E-state index in [1.165, 1.54) is 25.1 Å². The van der Waals surface area contributed by atoms with E-state index in [2.05, 4.69) is 16.0 Å². The van der Waals surface area contributed by atoms with Crippen LogP contribution in [0.15, 0.2) is 42.5 Å². The highest BCUT2D eigenvalue weighted by Crippen LogP contribution is 2.50. The van der Waals surface area contributed by atoms with Gasteiger partial charge in [0.25, 0.3) is 26.0 Å². The molecule has 2 unspecified atom stereocenters. The fraction of sp³-hybridized carbons (Fsp3) is 0.553. The molecule has 17 nitrogen and oxygen atoms in total. The molecule has 0 aliphatic carbocycles. The molecule has 3 amide bonds. The van der Waals surface area contributed by atoms with Gasteiger partial charge in [-0.15, -0.1) is 0 Å². The highest BCUT2D eigenvalue weighted by molar-refractivity contribution is 7.44. The van der Waals surface area contributed by atoms with Crippen molar-refractivity contribution in [3.8, 4) is 6.07 Å². The van der Waals surface area contributed by atoms with Gasteiger partial charge in [0.05, 0.1) is 75.3 Å². The fourth-order valence-corrected chi connectivity index (χ4v) is 6.80. The molecule has 0 aliphatic rings. The molecule has 18 heteroatoms. The number of nitrogens with one attached hydrogen (secondary N) is 3. The van der Waals surface area contributed by atoms with E-state index in [1.54, 1.807) is 31.2 Å². The summed E-state index contributed by atoms with van der Waals surface area (Å²) < 4.78 is 30.7. The van der Waals surface area contributed by atoms with Gasteiger partial charge in [-0.1, -0.05) is 0 Å². The van der Waals surface area contributed by atoms with Crippen molar-refractivity contribution in [2.45, 2.75) is 79.0 Å². The quantitative estimate of drug-likeness (QED) is 0.0421. The van der Waals surface area contributed by atoms with Crippen LogP contribution in [0.1, 0.15) is 93.2 Å². The molecule has 0 aliphatic heterocycles. The second-order valence-corrected chi connectivity index (χ2v) is 14.4. The van der Waals surface area contributed by atoms with E-state index in [-0.39, 0.29) is 93.2 Å². The summed E-state index contributed by atoms with van der Waals surface area (Å²) in [6.07, 6.45) is -0.270. The lowest BCUT2D eigenvalue weighted by Gasteiger charge is -2.36. The normalized spacial score (nSPS) is 12.3. The molecule has 0 saturated carbocycles. The predicted octanol–water partition coefficient (Wildman–Crippen LogP) is 5.47. The number of carbonyl (C=O) groups is 4. The molecule has 56 heavy (non-hydrogen) atoms. The summed E-state index contributed by atoms with van der Waals surface area (Å²) >= 11 is 0. The van der Waals surface area contributed by atoms with Crippen LogP contribution < -0.4 is 16.0 Å². The van der Waals surface area contributed by atoms with E-state index in [4.69, 9.17) is 28.5 Å². The third-order valence-corrected chi connectivity index (χ3v) is 9.98. The zero-order valence-corrected chi connectivity index (χ0v) is 33.9. The first-order valence-electron chi connectivity index (χ1n) is 18.5. The number of ether oxygens (including phenoxy) is 3. The van der Waals surface area contributed by atoms with Crippen molar-refractivity contribution >= 4 is 43.4 Å². The van der Waals surface area contributed by atoms with E-state index < -0.39 is 25.5 Å². The largest absolute Gasteiger partial charge is 0.377 e. The van der Waals surface area contributed by atoms with E-state index in [9.17, 15) is 29.3 Å². The molecule has 3 N–H and O–H groups in total. The van der Waals surface area contributed by atoms with Gasteiger partial charge in [-0.2, -0.15) is 5.26 Å². The molecule has 2 aromatic carbocycles. The Hall–Kier alpha value is -4.40. The van der Waals surface area contributed by atoms with E-state index in [0.29, 0.717) is 43.2 Å². The minimum atomic E-state index is -1.64. The average Bonchev–Trinajstić information content (AvgIpc) is 3.15. The molecule has 0 radical (unpaired) electrons. The van der Waals surface area contributed by atoms with Crippen molar-refractivity contribution in [3.63, 3.8) is 0 Å². The number of Topliss-reactive ketones (excluding diaryl/α,β-unsaturated/α-hetero) is 1. The van der Waals surface area contributed by atoms with E-state index in [1.807, 2.05) is 38.4 Å². The number of rotatable bonds is 28. The van der Waals surface area contributed by atoms with Crippen LogP contribution in [0.4, 0.5) is 11.4 Å². The minimum absolute atomic E-state index is 0.0571. The van der Waals surface area contributed by atoms with Gasteiger partial charge in [0.1, 0.15) is 5.78 Å². The van der Waals surface area contributed by atoms with Crippen LogP contribution in [0.3, 0.4) is 0 Å². The van der Waals surface area contributed by atoms with Crippen LogP contribution in [0.2, 0.25) is 0 Å². The summed E-state index contributed by atoms with van der Waals surface area (Å²) in [5.74, 6) is -1.10. The van der Waals surface area contributed by atoms with Crippen molar-refractivity contribution in [1.29, 1.82) is 5.26 Å². The van der Waals surface area contributed by atoms with Gasteiger partial charge >= 0.3 is 0 Å². The first-order chi connectivity index (χ1) is 26.7. The first-order valence-corrected chi connectivity index (χ1v) is 19.6. The standard InChI is InChI=1S/C38H55N6O11P/c1-27(2)43(28(3)4)56(54-19-7-16-39)55-30(6)34-14-11-32(26-35(34)44(49)50)38(48)41-18-21-52-23-25-53-24-22-51-20-17-40-37(47)31-9-12-33(13-10-31)42-36(46)15-8-29(5)45/h9-14,26-28,30H,7-8,15,17-25H2,1-6H3,(H,40,47)(H,41,48)(H,42,46). The summed E-state index contributed by atoms with van der Waals surface area (Å²) in [6.45, 7) is 13.4. The van der Waals surface area contributed by atoms with E-state index in [0.717, 1.165) is 0 Å². The number of nitro groups is 1. The van der Waals surface area contributed by atoms with Gasteiger partial charge < -0.3 is 44.0 Å². The number of nitriles is 1. The Balaban J connectivity index is 1.65. The second kappa shape index (κ2) is 26.5. The molecule has 2 rings (SSSR count). The Morgan fingerprint density at radius 1 is 0.804 bits per heavy atom. The third-order valence-electron chi connectivity index (χ3n) is 7.78. The van der Waals surface area contributed by atoms with Gasteiger partial charge in [0.15, 0.2) is 0 Å². The highest BCUT2D eigenvalue weighted by Gasteiger charge is 2.31. The van der Waals surface area contributed by atoms with Crippen molar-refractivity contribution < 1.29 is 47.4 Å². The highest BCUT2D eigenvalue weighted by atomic mass is 31.2. The maximum Gasteiger partial charge on any atom is 0.276 e. The number of nitro benzene ring substituents is 1. The Morgan fingerprint density at radius 3 is 1.86 bits per heavy atom. The maximum atomic E-state index is 12.8. The summed E-state index contributed by atoms with van der Waals surface area (Å²) in [5.41, 5.74) is 1.12. The second-order valence-electron chi connectivity index (χ2n) is 13.0. The molecule has 0 fully saturated rings. The Morgan fingerprint density at radius 2 is 1.34 bits per heavy atom. The van der Waals surface area contributed by atoms with Crippen molar-refractivity contribution in [2.24, 2.45) is 0 Å². The van der Waals surface area contributed by atoms with Gasteiger partial charge in [-0.05, 0) is 77.9 Å². The van der Waals surface area contributed by atoms with Crippen molar-refractivity contribution in [1.82, 2.24) is 15.3 Å². The van der Waals surface area contributed by atoms with Gasteiger partial charge in [0, 0.05) is 60.9 Å². The molecular weight excluding hydrogens is 747 g/mol. The molecule has 0 aromatic heterocycles. The number of amides is 3. The summed E-state index contributed by atoms with van der Waals surface area (Å²) in [4.78, 5) is 59.5. The number of ketones is 1. The molecule has 0 spiro atoms. The number of nitrogens with zero attached hydrogens (tertiary/aromatic N) is 3. The van der Waals surface area contributed by atoms with Gasteiger partial charge in [-0.3, -0.25) is 24.5 Å². The molecule has 2 atom stereocenters. The predicted molar refractivity (Wildman–Crippen MR) is 210 cm³/mol.